The summed E-state index contributed by atoms with van der Waals surface area (Å²) in [6.45, 7) is 0.682. The Hall–Kier alpha value is -2.23. The van der Waals surface area contributed by atoms with Gasteiger partial charge >= 0.3 is 0 Å². The fraction of sp³-hybridized carbons (Fsp3) is 0.316. The largest absolute Gasteiger partial charge is 0.490 e. The normalized spacial score (nSPS) is 13.8. The molecule has 28 heavy (non-hydrogen) atoms. The van der Waals surface area contributed by atoms with Gasteiger partial charge in [0, 0.05) is 30.1 Å². The molecule has 2 aromatic rings. The highest BCUT2D eigenvalue weighted by Crippen LogP contribution is 2.32. The lowest BCUT2D eigenvalue weighted by Gasteiger charge is -2.18. The van der Waals surface area contributed by atoms with Gasteiger partial charge in [-0.25, -0.2) is 8.42 Å². The van der Waals surface area contributed by atoms with Crippen LogP contribution in [-0.4, -0.2) is 51.7 Å². The van der Waals surface area contributed by atoms with E-state index < -0.39 is 15.9 Å². The molecule has 0 fully saturated rings. The Balaban J connectivity index is 1.71. The predicted octanol–water partition coefficient (Wildman–Crippen LogP) is 2.83. The number of rotatable bonds is 6. The first-order valence-corrected chi connectivity index (χ1v) is 11.4. The van der Waals surface area contributed by atoms with E-state index in [4.69, 9.17) is 9.47 Å². The van der Waals surface area contributed by atoms with Gasteiger partial charge in [0.1, 0.15) is 0 Å². The number of hydrogen-bond donors (Lipinski definition) is 1. The van der Waals surface area contributed by atoms with Crippen molar-refractivity contribution in [3.63, 3.8) is 0 Å². The summed E-state index contributed by atoms with van der Waals surface area (Å²) in [4.78, 5) is 13.4. The number of carbonyl (C=O) groups is 1. The van der Waals surface area contributed by atoms with E-state index in [2.05, 4.69) is 5.32 Å². The summed E-state index contributed by atoms with van der Waals surface area (Å²) in [6, 6.07) is 11.8. The molecule has 3 rings (SSSR count). The van der Waals surface area contributed by atoms with Crippen molar-refractivity contribution in [2.45, 2.75) is 16.2 Å². The van der Waals surface area contributed by atoms with Gasteiger partial charge in [-0.1, -0.05) is 6.07 Å². The topological polar surface area (TPSA) is 84.9 Å². The van der Waals surface area contributed by atoms with Crippen LogP contribution in [0.1, 0.15) is 6.42 Å². The second kappa shape index (κ2) is 8.85. The van der Waals surface area contributed by atoms with Crippen LogP contribution in [0.4, 0.5) is 5.69 Å². The van der Waals surface area contributed by atoms with Crippen molar-refractivity contribution in [2.24, 2.45) is 0 Å². The molecule has 0 unspecified atom stereocenters. The number of anilines is 1. The van der Waals surface area contributed by atoms with Crippen molar-refractivity contribution < 1.29 is 22.7 Å². The summed E-state index contributed by atoms with van der Waals surface area (Å²) in [5, 5.41) is 2.73. The molecule has 9 heteroatoms. The molecule has 0 saturated carbocycles. The van der Waals surface area contributed by atoms with Gasteiger partial charge in [0.15, 0.2) is 11.5 Å². The highest BCUT2D eigenvalue weighted by Gasteiger charge is 2.25. The van der Waals surface area contributed by atoms with Crippen LogP contribution in [-0.2, 0) is 14.8 Å². The average molecular weight is 423 g/mol. The Morgan fingerprint density at radius 1 is 1.14 bits per heavy atom. The second-order valence-electron chi connectivity index (χ2n) is 6.20. The SMILES string of the molecule is CSc1cccc(NC(=O)CN(C)S(=O)(=O)c2ccc3c(c2)OCCCO3)c1. The molecule has 0 spiro atoms. The number of carbonyl (C=O) groups excluding carboxylic acids is 1. The number of nitrogens with zero attached hydrogens (tertiary/aromatic N) is 1. The molecule has 0 aromatic heterocycles. The third kappa shape index (κ3) is 4.78. The molecule has 0 saturated heterocycles. The van der Waals surface area contributed by atoms with Gasteiger partial charge in [-0.05, 0) is 36.6 Å². The highest BCUT2D eigenvalue weighted by atomic mass is 32.2. The molecule has 0 radical (unpaired) electrons. The Labute approximate surface area is 169 Å². The Morgan fingerprint density at radius 3 is 2.64 bits per heavy atom. The zero-order valence-corrected chi connectivity index (χ0v) is 17.3. The van der Waals surface area contributed by atoms with Crippen LogP contribution in [0.25, 0.3) is 0 Å². The van der Waals surface area contributed by atoms with E-state index in [0.29, 0.717) is 30.4 Å². The molecular formula is C19H22N2O5S2. The third-order valence-electron chi connectivity index (χ3n) is 4.15. The fourth-order valence-electron chi connectivity index (χ4n) is 2.67. The number of ether oxygens (including phenoxy) is 2. The number of benzene rings is 2. The zero-order chi connectivity index (χ0) is 20.1. The van der Waals surface area contributed by atoms with Gasteiger partial charge in [-0.15, -0.1) is 11.8 Å². The Bertz CT molecular complexity index is 963. The van der Waals surface area contributed by atoms with Gasteiger partial charge < -0.3 is 14.8 Å². The molecule has 1 N–H and O–H groups in total. The number of amides is 1. The second-order valence-corrected chi connectivity index (χ2v) is 9.12. The lowest BCUT2D eigenvalue weighted by molar-refractivity contribution is -0.116. The standard InChI is InChI=1S/C19H22N2O5S2/c1-21(13-19(22)20-14-5-3-6-15(11-14)27-2)28(23,24)16-7-8-17-18(12-16)26-10-4-9-25-17/h3,5-8,11-12H,4,9-10,13H2,1-2H3,(H,20,22). The van der Waals surface area contributed by atoms with E-state index >= 15 is 0 Å². The average Bonchev–Trinajstić information content (AvgIpc) is 2.92. The maximum absolute atomic E-state index is 12.8. The summed E-state index contributed by atoms with van der Waals surface area (Å²) < 4.78 is 37.8. The van der Waals surface area contributed by atoms with E-state index in [1.54, 1.807) is 23.9 Å². The number of likely N-dealkylation sites (N-methyl/N-ethyl adjacent to an activating group) is 1. The summed E-state index contributed by atoms with van der Waals surface area (Å²) in [6.07, 6.45) is 2.67. The molecule has 2 aromatic carbocycles. The zero-order valence-electron chi connectivity index (χ0n) is 15.7. The van der Waals surface area contributed by atoms with Gasteiger partial charge in [0.05, 0.1) is 24.7 Å². The van der Waals surface area contributed by atoms with Gasteiger partial charge in [-0.2, -0.15) is 4.31 Å². The molecule has 7 nitrogen and oxygen atoms in total. The van der Waals surface area contributed by atoms with Crippen molar-refractivity contribution in [3.05, 3.63) is 42.5 Å². The van der Waals surface area contributed by atoms with Crippen LogP contribution in [0.2, 0.25) is 0 Å². The summed E-state index contributed by atoms with van der Waals surface area (Å²) in [7, 11) is -2.48. The maximum Gasteiger partial charge on any atom is 0.243 e. The van der Waals surface area contributed by atoms with E-state index in [0.717, 1.165) is 15.6 Å². The summed E-state index contributed by atoms with van der Waals surface area (Å²) >= 11 is 1.56. The fourth-order valence-corrected chi connectivity index (χ4v) is 4.28. The van der Waals surface area contributed by atoms with Crippen LogP contribution >= 0.6 is 11.8 Å². The van der Waals surface area contributed by atoms with Gasteiger partial charge in [-0.3, -0.25) is 4.79 Å². The molecule has 1 heterocycles. The van der Waals surface area contributed by atoms with Crippen molar-refractivity contribution >= 4 is 33.4 Å². The van der Waals surface area contributed by atoms with Gasteiger partial charge in [0.2, 0.25) is 15.9 Å². The van der Waals surface area contributed by atoms with Crippen LogP contribution in [0.15, 0.2) is 52.3 Å². The molecule has 0 aliphatic carbocycles. The monoisotopic (exact) mass is 422 g/mol. The van der Waals surface area contributed by atoms with E-state index in [9.17, 15) is 13.2 Å². The number of thioether (sulfide) groups is 1. The first-order valence-electron chi connectivity index (χ1n) is 8.70. The van der Waals surface area contributed by atoms with E-state index in [-0.39, 0.29) is 11.4 Å². The number of sulfonamides is 1. The van der Waals surface area contributed by atoms with Crippen LogP contribution < -0.4 is 14.8 Å². The minimum absolute atomic E-state index is 0.0523. The van der Waals surface area contributed by atoms with Crippen molar-refractivity contribution in [1.82, 2.24) is 4.31 Å². The molecule has 0 bridgehead atoms. The van der Waals surface area contributed by atoms with Crippen molar-refractivity contribution in [2.75, 3.05) is 38.4 Å². The molecular weight excluding hydrogens is 400 g/mol. The van der Waals surface area contributed by atoms with Crippen molar-refractivity contribution in [3.8, 4) is 11.5 Å². The van der Waals surface area contributed by atoms with Crippen LogP contribution in [0, 0.1) is 0 Å². The quantitative estimate of drug-likeness (QED) is 0.721. The minimum Gasteiger partial charge on any atom is -0.490 e. The number of hydrogen-bond acceptors (Lipinski definition) is 6. The number of nitrogens with one attached hydrogen (secondary N) is 1. The molecule has 150 valence electrons. The molecule has 1 aliphatic heterocycles. The lowest BCUT2D eigenvalue weighted by atomic mass is 10.3. The summed E-state index contributed by atoms with van der Waals surface area (Å²) in [5.41, 5.74) is 0.623. The Kier molecular flexibility index (Phi) is 6.48. The molecule has 1 amide bonds. The third-order valence-corrected chi connectivity index (χ3v) is 6.67. The lowest BCUT2D eigenvalue weighted by Crippen LogP contribution is -2.35. The highest BCUT2D eigenvalue weighted by molar-refractivity contribution is 7.98. The van der Waals surface area contributed by atoms with Crippen molar-refractivity contribution in [1.29, 1.82) is 0 Å². The number of fused-ring (bicyclic) bond motifs is 1. The van der Waals surface area contributed by atoms with E-state index in [1.807, 2.05) is 24.5 Å². The first kappa shape index (κ1) is 20.5. The smallest absolute Gasteiger partial charge is 0.243 e. The first-order chi connectivity index (χ1) is 13.4. The van der Waals surface area contributed by atoms with E-state index in [1.165, 1.54) is 19.2 Å². The maximum atomic E-state index is 12.8. The van der Waals surface area contributed by atoms with Gasteiger partial charge in [0.25, 0.3) is 0 Å². The molecule has 0 atom stereocenters. The van der Waals surface area contributed by atoms with Crippen LogP contribution in [0.3, 0.4) is 0 Å². The minimum atomic E-state index is -3.85. The predicted molar refractivity (Wildman–Crippen MR) is 109 cm³/mol. The summed E-state index contributed by atoms with van der Waals surface area (Å²) in [5.74, 6) is 0.495. The van der Waals surface area contributed by atoms with Crippen LogP contribution in [0.5, 0.6) is 11.5 Å². The Morgan fingerprint density at radius 2 is 1.89 bits per heavy atom. The molecule has 1 aliphatic rings.